The Morgan fingerprint density at radius 3 is 1.82 bits per heavy atom. The first-order valence-corrected chi connectivity index (χ1v) is 5.56. The Hall–Kier alpha value is -2.00. The molecule has 0 fully saturated rings. The zero-order valence-corrected chi connectivity index (χ0v) is 9.50. The smallest absolute Gasteiger partial charge is 0.126 e. The molecular weight excluding hydrogens is 214 g/mol. The molecule has 0 aliphatic heterocycles. The summed E-state index contributed by atoms with van der Waals surface area (Å²) >= 11 is 0. The van der Waals surface area contributed by atoms with Gasteiger partial charge in [0.1, 0.15) is 11.5 Å². The Bertz CT molecular complexity index is 408. The van der Waals surface area contributed by atoms with Crippen LogP contribution in [0.1, 0.15) is 11.5 Å². The highest BCUT2D eigenvalue weighted by molar-refractivity contribution is 5.43. The summed E-state index contributed by atoms with van der Waals surface area (Å²) in [4.78, 5) is 0. The van der Waals surface area contributed by atoms with Crippen molar-refractivity contribution < 1.29 is 8.83 Å². The van der Waals surface area contributed by atoms with Crippen LogP contribution in [0.3, 0.4) is 0 Å². The molecular formula is C14H15NO2. The second-order valence-corrected chi connectivity index (χ2v) is 3.49. The van der Waals surface area contributed by atoms with E-state index in [0.29, 0.717) is 0 Å². The topological polar surface area (TPSA) is 38.3 Å². The summed E-state index contributed by atoms with van der Waals surface area (Å²) in [6.45, 7) is 1.62. The van der Waals surface area contributed by atoms with Gasteiger partial charge in [0.15, 0.2) is 0 Å². The summed E-state index contributed by atoms with van der Waals surface area (Å²) in [5, 5.41) is 3.25. The molecule has 0 aliphatic carbocycles. The Morgan fingerprint density at radius 2 is 1.41 bits per heavy atom. The molecule has 0 spiro atoms. The molecule has 2 heterocycles. The summed E-state index contributed by atoms with van der Waals surface area (Å²) in [7, 11) is 0. The summed E-state index contributed by atoms with van der Waals surface area (Å²) < 4.78 is 10.3. The maximum atomic E-state index is 5.17. The lowest BCUT2D eigenvalue weighted by Crippen LogP contribution is -2.12. The predicted molar refractivity (Wildman–Crippen MR) is 68.4 cm³/mol. The SMILES string of the molecule is C(=C\c1ccco1)/CNC/C=C/c1ccco1. The lowest BCUT2D eigenvalue weighted by molar-refractivity contribution is 0.556. The van der Waals surface area contributed by atoms with Gasteiger partial charge in [0.05, 0.1) is 12.5 Å². The molecule has 1 N–H and O–H groups in total. The standard InChI is InChI=1S/C14H15NO2/c1(5-13-7-3-11-16-13)9-15-10-2-6-14-8-4-12-17-14/h1-8,11-12,15H,9-10H2/b5-1+,6-2+. The van der Waals surface area contributed by atoms with Gasteiger partial charge in [0, 0.05) is 13.1 Å². The van der Waals surface area contributed by atoms with Gasteiger partial charge in [-0.05, 0) is 36.4 Å². The normalized spacial score (nSPS) is 11.8. The van der Waals surface area contributed by atoms with E-state index in [4.69, 9.17) is 8.83 Å². The van der Waals surface area contributed by atoms with E-state index in [1.54, 1.807) is 12.5 Å². The van der Waals surface area contributed by atoms with E-state index < -0.39 is 0 Å². The van der Waals surface area contributed by atoms with Crippen molar-refractivity contribution in [3.63, 3.8) is 0 Å². The Kier molecular flexibility index (Phi) is 4.43. The summed E-state index contributed by atoms with van der Waals surface area (Å²) in [5.74, 6) is 1.75. The largest absolute Gasteiger partial charge is 0.465 e. The average Bonchev–Trinajstić information content (AvgIpc) is 3.00. The third kappa shape index (κ3) is 4.17. The van der Waals surface area contributed by atoms with E-state index in [-0.39, 0.29) is 0 Å². The molecule has 3 heteroatoms. The molecule has 0 saturated carbocycles. The van der Waals surface area contributed by atoms with Gasteiger partial charge in [-0.25, -0.2) is 0 Å². The fraction of sp³-hybridized carbons (Fsp3) is 0.143. The highest BCUT2D eigenvalue weighted by atomic mass is 16.3. The van der Waals surface area contributed by atoms with Gasteiger partial charge >= 0.3 is 0 Å². The highest BCUT2D eigenvalue weighted by Gasteiger charge is 1.87. The quantitative estimate of drug-likeness (QED) is 0.773. The van der Waals surface area contributed by atoms with E-state index >= 15 is 0 Å². The minimum absolute atomic E-state index is 0.809. The van der Waals surface area contributed by atoms with Gasteiger partial charge in [-0.15, -0.1) is 0 Å². The van der Waals surface area contributed by atoms with Crippen molar-refractivity contribution in [3.8, 4) is 0 Å². The number of hydrogen-bond donors (Lipinski definition) is 1. The summed E-state index contributed by atoms with van der Waals surface area (Å²) in [5.41, 5.74) is 0. The van der Waals surface area contributed by atoms with Crippen LogP contribution in [0.2, 0.25) is 0 Å². The average molecular weight is 229 g/mol. The van der Waals surface area contributed by atoms with E-state index in [0.717, 1.165) is 24.6 Å². The van der Waals surface area contributed by atoms with Gasteiger partial charge in [0.25, 0.3) is 0 Å². The summed E-state index contributed by atoms with van der Waals surface area (Å²) in [6.07, 6.45) is 11.3. The van der Waals surface area contributed by atoms with Gasteiger partial charge in [-0.3, -0.25) is 0 Å². The van der Waals surface area contributed by atoms with Crippen LogP contribution in [0.25, 0.3) is 12.2 Å². The Balaban J connectivity index is 1.61. The maximum absolute atomic E-state index is 5.17. The first-order chi connectivity index (χ1) is 8.45. The third-order valence-electron chi connectivity index (χ3n) is 2.17. The van der Waals surface area contributed by atoms with E-state index in [1.165, 1.54) is 0 Å². The van der Waals surface area contributed by atoms with Crippen molar-refractivity contribution in [1.29, 1.82) is 0 Å². The molecule has 0 saturated heterocycles. The molecule has 0 bridgehead atoms. The number of nitrogens with one attached hydrogen (secondary N) is 1. The minimum atomic E-state index is 0.809. The molecule has 0 aromatic carbocycles. The molecule has 0 aliphatic rings. The molecule has 2 aromatic rings. The van der Waals surface area contributed by atoms with Gasteiger partial charge < -0.3 is 14.2 Å². The van der Waals surface area contributed by atoms with E-state index in [2.05, 4.69) is 5.32 Å². The molecule has 0 radical (unpaired) electrons. The third-order valence-corrected chi connectivity index (χ3v) is 2.17. The van der Waals surface area contributed by atoms with Crippen molar-refractivity contribution in [1.82, 2.24) is 5.32 Å². The molecule has 88 valence electrons. The highest BCUT2D eigenvalue weighted by Crippen LogP contribution is 2.02. The van der Waals surface area contributed by atoms with Crippen LogP contribution >= 0.6 is 0 Å². The van der Waals surface area contributed by atoms with Crippen LogP contribution < -0.4 is 5.32 Å². The van der Waals surface area contributed by atoms with Crippen LogP contribution in [-0.2, 0) is 0 Å². The second-order valence-electron chi connectivity index (χ2n) is 3.49. The van der Waals surface area contributed by atoms with Crippen molar-refractivity contribution in [2.24, 2.45) is 0 Å². The number of hydrogen-bond acceptors (Lipinski definition) is 3. The lowest BCUT2D eigenvalue weighted by Gasteiger charge is -1.94. The van der Waals surface area contributed by atoms with Crippen molar-refractivity contribution >= 4 is 12.2 Å². The van der Waals surface area contributed by atoms with Gasteiger partial charge in [-0.1, -0.05) is 12.2 Å². The van der Waals surface area contributed by atoms with E-state index in [1.807, 2.05) is 48.6 Å². The van der Waals surface area contributed by atoms with E-state index in [9.17, 15) is 0 Å². The van der Waals surface area contributed by atoms with Crippen LogP contribution in [0.15, 0.2) is 57.8 Å². The molecule has 0 unspecified atom stereocenters. The fourth-order valence-corrected chi connectivity index (χ4v) is 1.37. The minimum Gasteiger partial charge on any atom is -0.465 e. The number of rotatable bonds is 6. The van der Waals surface area contributed by atoms with Gasteiger partial charge in [0.2, 0.25) is 0 Å². The fourth-order valence-electron chi connectivity index (χ4n) is 1.37. The number of furan rings is 2. The monoisotopic (exact) mass is 229 g/mol. The molecule has 0 amide bonds. The lowest BCUT2D eigenvalue weighted by atomic mass is 10.4. The zero-order valence-electron chi connectivity index (χ0n) is 9.50. The van der Waals surface area contributed by atoms with Gasteiger partial charge in [-0.2, -0.15) is 0 Å². The first kappa shape index (κ1) is 11.5. The van der Waals surface area contributed by atoms with Crippen LogP contribution in [-0.4, -0.2) is 13.1 Å². The predicted octanol–water partition coefficient (Wildman–Crippen LogP) is 3.19. The molecule has 17 heavy (non-hydrogen) atoms. The van der Waals surface area contributed by atoms with Crippen LogP contribution in [0.4, 0.5) is 0 Å². The van der Waals surface area contributed by atoms with Crippen molar-refractivity contribution in [2.75, 3.05) is 13.1 Å². The Morgan fingerprint density at radius 1 is 0.882 bits per heavy atom. The van der Waals surface area contributed by atoms with Crippen molar-refractivity contribution in [3.05, 3.63) is 60.5 Å². The van der Waals surface area contributed by atoms with Crippen molar-refractivity contribution in [2.45, 2.75) is 0 Å². The van der Waals surface area contributed by atoms with Crippen LogP contribution in [0.5, 0.6) is 0 Å². The second kappa shape index (κ2) is 6.55. The molecule has 3 nitrogen and oxygen atoms in total. The molecule has 2 rings (SSSR count). The summed E-state index contributed by atoms with van der Waals surface area (Å²) in [6, 6.07) is 7.60. The zero-order chi connectivity index (χ0) is 11.8. The van der Waals surface area contributed by atoms with Crippen LogP contribution in [0, 0.1) is 0 Å². The first-order valence-electron chi connectivity index (χ1n) is 5.56. The Labute approximate surface area is 100 Å². The molecule has 2 aromatic heterocycles. The molecule has 0 atom stereocenters. The maximum Gasteiger partial charge on any atom is 0.126 e.